The summed E-state index contributed by atoms with van der Waals surface area (Å²) < 4.78 is 0. The molecule has 0 atom stereocenters. The summed E-state index contributed by atoms with van der Waals surface area (Å²) in [7, 11) is 0. The van der Waals surface area contributed by atoms with E-state index in [1.807, 2.05) is 43.5 Å². The Hall–Kier alpha value is -1.61. The highest BCUT2D eigenvalue weighted by molar-refractivity contribution is 7.17. The molecule has 15 heavy (non-hydrogen) atoms. The summed E-state index contributed by atoms with van der Waals surface area (Å²) in [4.78, 5) is 12.2. The lowest BCUT2D eigenvalue weighted by molar-refractivity contribution is 0.563. The van der Waals surface area contributed by atoms with E-state index in [0.29, 0.717) is 10.6 Å². The number of carbonyl (C=O) groups excluding carboxylic acids is 1. The fourth-order valence-electron chi connectivity index (χ4n) is 1.47. The molecule has 0 spiro atoms. The molecule has 0 fully saturated rings. The standard InChI is InChI=1S/C12H10NOS/c1-8-11(13)10(7-14)15-12(8)9-5-3-2-4-6-9/h2-6H,13H2,1H3. The van der Waals surface area contributed by atoms with Crippen LogP contribution in [-0.2, 0) is 4.79 Å². The van der Waals surface area contributed by atoms with Gasteiger partial charge < -0.3 is 5.73 Å². The number of thiophene rings is 1. The first kappa shape index (κ1) is 9.93. The molecule has 75 valence electrons. The lowest BCUT2D eigenvalue weighted by Gasteiger charge is -1.98. The van der Waals surface area contributed by atoms with Crippen LogP contribution in [0.1, 0.15) is 10.4 Å². The van der Waals surface area contributed by atoms with Crippen molar-refractivity contribution in [3.8, 4) is 10.4 Å². The molecule has 1 aromatic carbocycles. The number of benzene rings is 1. The topological polar surface area (TPSA) is 43.1 Å². The second-order valence-corrected chi connectivity index (χ2v) is 4.29. The maximum absolute atomic E-state index is 10.6. The van der Waals surface area contributed by atoms with Gasteiger partial charge in [0, 0.05) is 4.88 Å². The number of nitrogen functional groups attached to an aromatic ring is 1. The molecule has 3 heteroatoms. The second kappa shape index (κ2) is 3.87. The average molecular weight is 216 g/mol. The second-order valence-electron chi connectivity index (χ2n) is 3.27. The molecule has 1 aromatic heterocycles. The molecule has 2 rings (SSSR count). The summed E-state index contributed by atoms with van der Waals surface area (Å²) in [6.45, 7) is 1.93. The Morgan fingerprint density at radius 3 is 2.47 bits per heavy atom. The minimum absolute atomic E-state index is 0.492. The Kier molecular flexibility index (Phi) is 2.56. The van der Waals surface area contributed by atoms with Gasteiger partial charge in [0.25, 0.3) is 0 Å². The van der Waals surface area contributed by atoms with Gasteiger partial charge in [0.1, 0.15) is 4.88 Å². The fourth-order valence-corrected chi connectivity index (χ4v) is 2.49. The van der Waals surface area contributed by atoms with E-state index in [9.17, 15) is 4.79 Å². The van der Waals surface area contributed by atoms with Crippen molar-refractivity contribution >= 4 is 23.3 Å². The monoisotopic (exact) mass is 216 g/mol. The van der Waals surface area contributed by atoms with Gasteiger partial charge in [-0.15, -0.1) is 11.3 Å². The van der Waals surface area contributed by atoms with E-state index in [1.165, 1.54) is 11.3 Å². The Bertz CT molecular complexity index is 488. The Balaban J connectivity index is 2.59. The minimum atomic E-state index is 0.492. The van der Waals surface area contributed by atoms with Gasteiger partial charge in [-0.3, -0.25) is 4.79 Å². The first-order valence-electron chi connectivity index (χ1n) is 4.56. The molecule has 2 N–H and O–H groups in total. The molecule has 0 amide bonds. The lowest BCUT2D eigenvalue weighted by atomic mass is 10.1. The summed E-state index contributed by atoms with van der Waals surface area (Å²) in [6, 6.07) is 9.91. The third-order valence-corrected chi connectivity index (χ3v) is 3.58. The van der Waals surface area contributed by atoms with Gasteiger partial charge in [0.15, 0.2) is 0 Å². The van der Waals surface area contributed by atoms with Crippen molar-refractivity contribution in [1.29, 1.82) is 0 Å². The minimum Gasteiger partial charge on any atom is -0.397 e. The summed E-state index contributed by atoms with van der Waals surface area (Å²) >= 11 is 1.39. The van der Waals surface area contributed by atoms with Gasteiger partial charge in [-0.05, 0) is 18.1 Å². The molecule has 0 aliphatic rings. The van der Waals surface area contributed by atoms with Gasteiger partial charge in [-0.25, -0.2) is 0 Å². The molecule has 0 aliphatic carbocycles. The van der Waals surface area contributed by atoms with Crippen LogP contribution in [0.15, 0.2) is 30.3 Å². The Morgan fingerprint density at radius 2 is 1.93 bits per heavy atom. The molecule has 0 saturated carbocycles. The van der Waals surface area contributed by atoms with E-state index in [4.69, 9.17) is 5.73 Å². The molecular weight excluding hydrogens is 206 g/mol. The highest BCUT2D eigenvalue weighted by Gasteiger charge is 2.13. The molecule has 1 heterocycles. The number of nitrogens with two attached hydrogens (primary N) is 1. The predicted octanol–water partition coefficient (Wildman–Crippen LogP) is 2.76. The number of rotatable bonds is 2. The molecule has 0 aliphatic heterocycles. The van der Waals surface area contributed by atoms with Crippen LogP contribution >= 0.6 is 11.3 Å². The molecule has 0 saturated heterocycles. The zero-order valence-corrected chi connectivity index (χ0v) is 9.10. The van der Waals surface area contributed by atoms with Crippen LogP contribution in [0.5, 0.6) is 0 Å². The summed E-state index contributed by atoms with van der Waals surface area (Å²) in [6.07, 6.45) is 1.87. The molecule has 2 nitrogen and oxygen atoms in total. The highest BCUT2D eigenvalue weighted by atomic mass is 32.1. The largest absolute Gasteiger partial charge is 0.397 e. The molecule has 0 bridgehead atoms. The van der Waals surface area contributed by atoms with Crippen LogP contribution in [0.3, 0.4) is 0 Å². The molecule has 0 unspecified atom stereocenters. The van der Waals surface area contributed by atoms with Crippen LogP contribution in [-0.4, -0.2) is 6.29 Å². The normalized spacial score (nSPS) is 10.2. The molecule has 1 radical (unpaired) electrons. The first-order chi connectivity index (χ1) is 7.24. The van der Waals surface area contributed by atoms with Crippen molar-refractivity contribution < 1.29 is 4.79 Å². The first-order valence-corrected chi connectivity index (χ1v) is 5.38. The van der Waals surface area contributed by atoms with Crippen molar-refractivity contribution in [2.24, 2.45) is 0 Å². The van der Waals surface area contributed by atoms with Gasteiger partial charge in [-0.1, -0.05) is 30.3 Å². The number of hydrogen-bond acceptors (Lipinski definition) is 3. The smallest absolute Gasteiger partial charge is 0.246 e. The third kappa shape index (κ3) is 1.66. The van der Waals surface area contributed by atoms with Crippen LogP contribution in [0.4, 0.5) is 5.69 Å². The maximum atomic E-state index is 10.6. The fraction of sp³-hybridized carbons (Fsp3) is 0.0833. The van der Waals surface area contributed by atoms with Crippen LogP contribution < -0.4 is 5.73 Å². The van der Waals surface area contributed by atoms with E-state index in [1.54, 1.807) is 0 Å². The number of hydrogen-bond donors (Lipinski definition) is 1. The third-order valence-electron chi connectivity index (χ3n) is 2.32. The van der Waals surface area contributed by atoms with E-state index in [2.05, 4.69) is 0 Å². The predicted molar refractivity (Wildman–Crippen MR) is 63.7 cm³/mol. The van der Waals surface area contributed by atoms with Gasteiger partial charge in [-0.2, -0.15) is 0 Å². The van der Waals surface area contributed by atoms with Crippen LogP contribution in [0.2, 0.25) is 0 Å². The summed E-state index contributed by atoms with van der Waals surface area (Å²) in [5.41, 5.74) is 8.40. The molecule has 2 aromatic rings. The summed E-state index contributed by atoms with van der Waals surface area (Å²) in [5, 5.41) is 0. The quantitative estimate of drug-likeness (QED) is 0.838. The zero-order valence-electron chi connectivity index (χ0n) is 8.28. The van der Waals surface area contributed by atoms with Crippen molar-refractivity contribution in [2.75, 3.05) is 5.73 Å². The number of anilines is 1. The SMILES string of the molecule is Cc1c(-c2ccccc2)sc([C]=O)c1N. The van der Waals surface area contributed by atoms with Crippen LogP contribution in [0.25, 0.3) is 10.4 Å². The maximum Gasteiger partial charge on any atom is 0.246 e. The van der Waals surface area contributed by atoms with Crippen molar-refractivity contribution in [3.63, 3.8) is 0 Å². The van der Waals surface area contributed by atoms with Crippen molar-refractivity contribution in [3.05, 3.63) is 40.8 Å². The van der Waals surface area contributed by atoms with Gasteiger partial charge >= 0.3 is 0 Å². The lowest BCUT2D eigenvalue weighted by Crippen LogP contribution is -1.89. The van der Waals surface area contributed by atoms with Gasteiger partial charge in [0.2, 0.25) is 6.29 Å². The Morgan fingerprint density at radius 1 is 1.27 bits per heavy atom. The highest BCUT2D eigenvalue weighted by Crippen LogP contribution is 2.36. The Labute approximate surface area is 92.4 Å². The molecular formula is C12H10NOS. The summed E-state index contributed by atoms with van der Waals surface area (Å²) in [5.74, 6) is 0. The van der Waals surface area contributed by atoms with Crippen LogP contribution in [0, 0.1) is 6.92 Å². The van der Waals surface area contributed by atoms with E-state index in [0.717, 1.165) is 16.0 Å². The van der Waals surface area contributed by atoms with E-state index < -0.39 is 0 Å². The van der Waals surface area contributed by atoms with E-state index >= 15 is 0 Å². The van der Waals surface area contributed by atoms with Crippen molar-refractivity contribution in [2.45, 2.75) is 6.92 Å². The van der Waals surface area contributed by atoms with Gasteiger partial charge in [0.05, 0.1) is 5.69 Å². The van der Waals surface area contributed by atoms with E-state index in [-0.39, 0.29) is 0 Å². The zero-order chi connectivity index (χ0) is 10.8. The van der Waals surface area contributed by atoms with Crippen molar-refractivity contribution in [1.82, 2.24) is 0 Å². The average Bonchev–Trinajstić information content (AvgIpc) is 2.57.